The highest BCUT2D eigenvalue weighted by Crippen LogP contribution is 2.26. The molecule has 0 amide bonds. The van der Waals surface area contributed by atoms with Crippen LogP contribution in [0.5, 0.6) is 0 Å². The van der Waals surface area contributed by atoms with Crippen LogP contribution in [0.4, 0.5) is 16.6 Å². The van der Waals surface area contributed by atoms with Crippen molar-refractivity contribution in [3.05, 3.63) is 27.8 Å². The second kappa shape index (κ2) is 4.16. The minimum absolute atomic E-state index is 0.628. The first-order valence-electron chi connectivity index (χ1n) is 4.25. The van der Waals surface area contributed by atoms with Crippen LogP contribution >= 0.6 is 27.3 Å². The summed E-state index contributed by atoms with van der Waals surface area (Å²) >= 11 is 4.93. The molecule has 3 N–H and O–H groups in total. The van der Waals surface area contributed by atoms with Crippen molar-refractivity contribution in [1.82, 2.24) is 9.97 Å². The summed E-state index contributed by atoms with van der Waals surface area (Å²) in [6.07, 6.45) is 1.60. The maximum Gasteiger partial charge on any atom is 0.188 e. The summed E-state index contributed by atoms with van der Waals surface area (Å²) in [5.74, 6) is 0.721. The van der Waals surface area contributed by atoms with Gasteiger partial charge in [0.25, 0.3) is 0 Å². The SMILES string of the molecule is Cc1csc(Nc2ncc(N)cc2Br)n1. The largest absolute Gasteiger partial charge is 0.397 e. The Morgan fingerprint density at radius 2 is 2.33 bits per heavy atom. The van der Waals surface area contributed by atoms with Gasteiger partial charge in [0.1, 0.15) is 5.82 Å². The molecular formula is C9H9BrN4S. The number of nitrogen functional groups attached to an aromatic ring is 1. The molecule has 0 atom stereocenters. The number of nitrogens with zero attached hydrogens (tertiary/aromatic N) is 2. The highest BCUT2D eigenvalue weighted by atomic mass is 79.9. The third kappa shape index (κ3) is 2.45. The molecule has 0 saturated carbocycles. The first-order chi connectivity index (χ1) is 7.15. The Morgan fingerprint density at radius 3 is 2.93 bits per heavy atom. The van der Waals surface area contributed by atoms with Crippen molar-refractivity contribution in [2.45, 2.75) is 6.92 Å². The van der Waals surface area contributed by atoms with Crippen molar-refractivity contribution >= 4 is 43.9 Å². The quantitative estimate of drug-likeness (QED) is 0.890. The zero-order valence-corrected chi connectivity index (χ0v) is 10.4. The number of halogens is 1. The number of nitrogens with two attached hydrogens (primary N) is 1. The molecule has 0 spiro atoms. The van der Waals surface area contributed by atoms with E-state index < -0.39 is 0 Å². The zero-order valence-electron chi connectivity index (χ0n) is 7.99. The number of nitrogens with one attached hydrogen (secondary N) is 1. The van der Waals surface area contributed by atoms with Crippen LogP contribution in [0.1, 0.15) is 5.69 Å². The van der Waals surface area contributed by atoms with Gasteiger partial charge in [0.2, 0.25) is 0 Å². The Hall–Kier alpha value is -1.14. The Morgan fingerprint density at radius 1 is 1.53 bits per heavy atom. The molecule has 0 aliphatic rings. The molecule has 4 nitrogen and oxygen atoms in total. The summed E-state index contributed by atoms with van der Waals surface area (Å²) in [7, 11) is 0. The number of anilines is 3. The molecular weight excluding hydrogens is 276 g/mol. The van der Waals surface area contributed by atoms with Crippen LogP contribution in [0.25, 0.3) is 0 Å². The van der Waals surface area contributed by atoms with E-state index in [1.165, 1.54) is 0 Å². The number of aryl methyl sites for hydroxylation is 1. The third-order valence-electron chi connectivity index (χ3n) is 1.71. The van der Waals surface area contributed by atoms with Crippen LogP contribution in [0.15, 0.2) is 22.1 Å². The summed E-state index contributed by atoms with van der Waals surface area (Å²) in [5.41, 5.74) is 7.21. The first kappa shape index (κ1) is 10.4. The van der Waals surface area contributed by atoms with Gasteiger partial charge in [0.05, 0.1) is 22.1 Å². The number of thiazole rings is 1. The summed E-state index contributed by atoms with van der Waals surface area (Å²) in [5, 5.41) is 5.92. The lowest BCUT2D eigenvalue weighted by atomic mass is 10.4. The van der Waals surface area contributed by atoms with E-state index in [1.54, 1.807) is 23.6 Å². The maximum atomic E-state index is 5.59. The van der Waals surface area contributed by atoms with Crippen molar-refractivity contribution in [3.63, 3.8) is 0 Å². The van der Waals surface area contributed by atoms with E-state index in [2.05, 4.69) is 31.2 Å². The molecule has 2 heterocycles. The topological polar surface area (TPSA) is 63.8 Å². The van der Waals surface area contributed by atoms with Crippen LogP contribution in [0.2, 0.25) is 0 Å². The highest BCUT2D eigenvalue weighted by Gasteiger charge is 2.04. The van der Waals surface area contributed by atoms with Crippen LogP contribution in [0, 0.1) is 6.92 Å². The number of hydrogen-bond acceptors (Lipinski definition) is 5. The minimum Gasteiger partial charge on any atom is -0.397 e. The summed E-state index contributed by atoms with van der Waals surface area (Å²) < 4.78 is 0.829. The molecule has 0 saturated heterocycles. The molecule has 0 unspecified atom stereocenters. The fourth-order valence-corrected chi connectivity index (χ4v) is 2.21. The normalized spacial score (nSPS) is 10.3. The van der Waals surface area contributed by atoms with E-state index in [9.17, 15) is 0 Å². The average molecular weight is 285 g/mol. The van der Waals surface area contributed by atoms with Gasteiger partial charge >= 0.3 is 0 Å². The lowest BCUT2D eigenvalue weighted by Gasteiger charge is -2.04. The van der Waals surface area contributed by atoms with Gasteiger partial charge in [-0.25, -0.2) is 9.97 Å². The fraction of sp³-hybridized carbons (Fsp3) is 0.111. The number of pyridine rings is 1. The average Bonchev–Trinajstić information content (AvgIpc) is 2.56. The van der Waals surface area contributed by atoms with Gasteiger partial charge in [0, 0.05) is 5.38 Å². The summed E-state index contributed by atoms with van der Waals surface area (Å²) in [4.78, 5) is 8.45. The van der Waals surface area contributed by atoms with Gasteiger partial charge in [-0.05, 0) is 28.9 Å². The fourth-order valence-electron chi connectivity index (χ4n) is 1.06. The maximum absolute atomic E-state index is 5.59. The number of hydrogen-bond donors (Lipinski definition) is 2. The van der Waals surface area contributed by atoms with Gasteiger partial charge in [0.15, 0.2) is 5.13 Å². The van der Waals surface area contributed by atoms with Gasteiger partial charge in [-0.3, -0.25) is 0 Å². The Labute approximate surface area is 99.7 Å². The molecule has 15 heavy (non-hydrogen) atoms. The van der Waals surface area contributed by atoms with Gasteiger partial charge in [-0.1, -0.05) is 0 Å². The van der Waals surface area contributed by atoms with Crippen molar-refractivity contribution < 1.29 is 0 Å². The molecule has 2 rings (SSSR count). The Bertz CT molecular complexity index is 483. The second-order valence-corrected chi connectivity index (χ2v) is 4.73. The van der Waals surface area contributed by atoms with Crippen molar-refractivity contribution in [1.29, 1.82) is 0 Å². The second-order valence-electron chi connectivity index (χ2n) is 3.02. The van der Waals surface area contributed by atoms with Crippen molar-refractivity contribution in [2.75, 3.05) is 11.1 Å². The Balaban J connectivity index is 2.24. The predicted molar refractivity (Wildman–Crippen MR) is 66.5 cm³/mol. The molecule has 2 aromatic heterocycles. The molecule has 0 bridgehead atoms. The van der Waals surface area contributed by atoms with E-state index >= 15 is 0 Å². The molecule has 0 aliphatic carbocycles. The zero-order chi connectivity index (χ0) is 10.8. The van der Waals surface area contributed by atoms with Crippen LogP contribution in [0.3, 0.4) is 0 Å². The van der Waals surface area contributed by atoms with E-state index in [0.29, 0.717) is 5.69 Å². The van der Waals surface area contributed by atoms with E-state index in [1.807, 2.05) is 12.3 Å². The molecule has 78 valence electrons. The molecule has 2 aromatic rings. The van der Waals surface area contributed by atoms with E-state index in [4.69, 9.17) is 5.73 Å². The lowest BCUT2D eigenvalue weighted by molar-refractivity contribution is 1.23. The van der Waals surface area contributed by atoms with Gasteiger partial charge in [-0.15, -0.1) is 11.3 Å². The Kier molecular flexibility index (Phi) is 2.88. The first-order valence-corrected chi connectivity index (χ1v) is 5.92. The summed E-state index contributed by atoms with van der Waals surface area (Å²) in [6.45, 7) is 1.95. The van der Waals surface area contributed by atoms with Crippen molar-refractivity contribution in [3.8, 4) is 0 Å². The molecule has 0 radical (unpaired) electrons. The van der Waals surface area contributed by atoms with Crippen LogP contribution in [-0.4, -0.2) is 9.97 Å². The number of aromatic nitrogens is 2. The molecule has 0 fully saturated rings. The predicted octanol–water partition coefficient (Wildman–Crippen LogP) is 2.93. The van der Waals surface area contributed by atoms with Crippen molar-refractivity contribution in [2.24, 2.45) is 0 Å². The third-order valence-corrected chi connectivity index (χ3v) is 3.19. The van der Waals surface area contributed by atoms with Gasteiger partial charge in [-0.2, -0.15) is 0 Å². The van der Waals surface area contributed by atoms with Crippen LogP contribution in [-0.2, 0) is 0 Å². The van der Waals surface area contributed by atoms with E-state index in [-0.39, 0.29) is 0 Å². The number of rotatable bonds is 2. The van der Waals surface area contributed by atoms with Crippen LogP contribution < -0.4 is 11.1 Å². The smallest absolute Gasteiger partial charge is 0.188 e. The molecule has 6 heteroatoms. The summed E-state index contributed by atoms with van der Waals surface area (Å²) in [6, 6.07) is 1.80. The monoisotopic (exact) mass is 284 g/mol. The van der Waals surface area contributed by atoms with Gasteiger partial charge < -0.3 is 11.1 Å². The van der Waals surface area contributed by atoms with E-state index in [0.717, 1.165) is 21.1 Å². The minimum atomic E-state index is 0.628. The molecule has 0 aliphatic heterocycles. The standard InChI is InChI=1S/C9H9BrN4S/c1-5-4-15-9(13-5)14-8-7(10)2-6(11)3-12-8/h2-4H,11H2,1H3,(H,12,13,14). The highest BCUT2D eigenvalue weighted by molar-refractivity contribution is 9.10. The molecule has 0 aromatic carbocycles. The lowest BCUT2D eigenvalue weighted by Crippen LogP contribution is -1.96.